The number of hydrogen-bond donors (Lipinski definition) is 1. The van der Waals surface area contributed by atoms with E-state index in [1.54, 1.807) is 6.20 Å². The minimum Gasteiger partial charge on any atom is -0.307 e. The van der Waals surface area contributed by atoms with Crippen molar-refractivity contribution in [2.45, 2.75) is 39.2 Å². The zero-order valence-corrected chi connectivity index (χ0v) is 12.1. The third kappa shape index (κ3) is 3.63. The Morgan fingerprint density at radius 3 is 2.62 bits per heavy atom. The average Bonchev–Trinajstić information content (AvgIpc) is 2.95. The van der Waals surface area contributed by atoms with E-state index in [-0.39, 0.29) is 18.2 Å². The van der Waals surface area contributed by atoms with Crippen LogP contribution in [0.25, 0.3) is 0 Å². The summed E-state index contributed by atoms with van der Waals surface area (Å²) in [6.07, 6.45) is -1.37. The lowest BCUT2D eigenvalue weighted by Gasteiger charge is -2.12. The first-order valence-electron chi connectivity index (χ1n) is 6.62. The molecular weight excluding hydrogens is 283 g/mol. The van der Waals surface area contributed by atoms with Crippen molar-refractivity contribution < 1.29 is 13.2 Å². The smallest absolute Gasteiger partial charge is 0.307 e. The van der Waals surface area contributed by atoms with Crippen LogP contribution in [0.2, 0.25) is 0 Å². The first-order chi connectivity index (χ1) is 9.79. The maximum absolute atomic E-state index is 12.8. The van der Waals surface area contributed by atoms with E-state index in [0.717, 1.165) is 5.69 Å². The average molecular weight is 301 g/mol. The van der Waals surface area contributed by atoms with Crippen LogP contribution in [-0.2, 0) is 26.3 Å². The summed E-state index contributed by atoms with van der Waals surface area (Å²) in [5.41, 5.74) is 0.234. The predicted molar refractivity (Wildman–Crippen MR) is 71.4 cm³/mol. The fourth-order valence-electron chi connectivity index (χ4n) is 2.18. The van der Waals surface area contributed by atoms with Crippen molar-refractivity contribution in [3.05, 3.63) is 35.4 Å². The van der Waals surface area contributed by atoms with Crippen molar-refractivity contribution >= 4 is 0 Å². The van der Waals surface area contributed by atoms with E-state index in [2.05, 4.69) is 15.5 Å². The van der Waals surface area contributed by atoms with Crippen molar-refractivity contribution in [1.29, 1.82) is 0 Å². The maximum atomic E-state index is 12.8. The summed E-state index contributed by atoms with van der Waals surface area (Å²) >= 11 is 0. The topological polar surface area (TPSA) is 47.7 Å². The molecule has 0 aliphatic rings. The molecule has 0 radical (unpaired) electrons. The van der Waals surface area contributed by atoms with Gasteiger partial charge in [0.25, 0.3) is 0 Å². The van der Waals surface area contributed by atoms with Crippen molar-refractivity contribution in [1.82, 2.24) is 24.9 Å². The number of nitrogens with zero attached hydrogens (tertiary/aromatic N) is 4. The number of aryl methyl sites for hydroxylation is 1. The lowest BCUT2D eigenvalue weighted by atomic mass is 10.2. The highest BCUT2D eigenvalue weighted by Gasteiger charge is 2.36. The van der Waals surface area contributed by atoms with Crippen molar-refractivity contribution in [2.75, 3.05) is 0 Å². The van der Waals surface area contributed by atoms with Gasteiger partial charge in [-0.3, -0.25) is 9.36 Å². The Morgan fingerprint density at radius 1 is 1.29 bits per heavy atom. The summed E-state index contributed by atoms with van der Waals surface area (Å²) in [7, 11) is 1.48. The first kappa shape index (κ1) is 15.6. The molecule has 1 N–H and O–H groups in total. The SMILES string of the molecule is CC(C)n1nccc1CNCc1cn(C)nc1C(F)(F)F. The van der Waals surface area contributed by atoms with Crippen LogP contribution in [0.5, 0.6) is 0 Å². The third-order valence-electron chi connectivity index (χ3n) is 3.04. The van der Waals surface area contributed by atoms with E-state index < -0.39 is 11.9 Å². The van der Waals surface area contributed by atoms with Crippen LogP contribution in [0.1, 0.15) is 36.8 Å². The molecule has 0 aliphatic heterocycles. The van der Waals surface area contributed by atoms with Crippen molar-refractivity contribution in [3.8, 4) is 0 Å². The highest BCUT2D eigenvalue weighted by Crippen LogP contribution is 2.30. The van der Waals surface area contributed by atoms with Gasteiger partial charge in [-0.05, 0) is 19.9 Å². The number of rotatable bonds is 5. The molecule has 2 aromatic rings. The van der Waals surface area contributed by atoms with Crippen LogP contribution in [0.3, 0.4) is 0 Å². The summed E-state index contributed by atoms with van der Waals surface area (Å²) in [4.78, 5) is 0. The molecule has 0 saturated heterocycles. The van der Waals surface area contributed by atoms with E-state index in [1.807, 2.05) is 24.6 Å². The highest BCUT2D eigenvalue weighted by atomic mass is 19.4. The van der Waals surface area contributed by atoms with Gasteiger partial charge in [0.1, 0.15) is 0 Å². The van der Waals surface area contributed by atoms with Gasteiger partial charge >= 0.3 is 6.18 Å². The minimum absolute atomic E-state index is 0.103. The van der Waals surface area contributed by atoms with E-state index in [9.17, 15) is 13.2 Å². The number of alkyl halides is 3. The molecule has 0 fully saturated rings. The molecule has 116 valence electrons. The van der Waals surface area contributed by atoms with Crippen molar-refractivity contribution in [2.24, 2.45) is 7.05 Å². The number of nitrogens with one attached hydrogen (secondary N) is 1. The molecule has 0 aliphatic carbocycles. The number of aromatic nitrogens is 4. The molecule has 5 nitrogen and oxygen atoms in total. The monoisotopic (exact) mass is 301 g/mol. The molecule has 2 aromatic heterocycles. The standard InChI is InChI=1S/C13H18F3N5/c1-9(2)21-11(4-5-18-21)7-17-6-10-8-20(3)19-12(10)13(14,15)16/h4-5,8-9,17H,6-7H2,1-3H3. The van der Waals surface area contributed by atoms with Gasteiger partial charge in [0.2, 0.25) is 0 Å². The summed E-state index contributed by atoms with van der Waals surface area (Å²) < 4.78 is 41.5. The van der Waals surface area contributed by atoms with Crippen LogP contribution in [0.4, 0.5) is 13.2 Å². The second-order valence-corrected chi connectivity index (χ2v) is 5.14. The van der Waals surface area contributed by atoms with Crippen LogP contribution in [0.15, 0.2) is 18.5 Å². The van der Waals surface area contributed by atoms with Crippen molar-refractivity contribution in [3.63, 3.8) is 0 Å². The van der Waals surface area contributed by atoms with Gasteiger partial charge < -0.3 is 5.32 Å². The normalized spacial score (nSPS) is 12.3. The molecule has 0 spiro atoms. The number of hydrogen-bond acceptors (Lipinski definition) is 3. The molecule has 0 atom stereocenters. The summed E-state index contributed by atoms with van der Waals surface area (Å²) in [6.45, 7) is 4.55. The fourth-order valence-corrected chi connectivity index (χ4v) is 2.18. The zero-order chi connectivity index (χ0) is 15.6. The Bertz CT molecular complexity index is 597. The molecule has 0 amide bonds. The van der Waals surface area contributed by atoms with Crippen LogP contribution < -0.4 is 5.32 Å². The molecule has 2 heterocycles. The molecule has 8 heteroatoms. The van der Waals surface area contributed by atoms with Gasteiger partial charge in [-0.25, -0.2) is 0 Å². The number of halogens is 3. The Labute approximate surface area is 120 Å². The minimum atomic E-state index is -4.43. The van der Waals surface area contributed by atoms with Gasteiger partial charge in [-0.15, -0.1) is 0 Å². The van der Waals surface area contributed by atoms with Crippen LogP contribution in [0, 0.1) is 0 Å². The third-order valence-corrected chi connectivity index (χ3v) is 3.04. The summed E-state index contributed by atoms with van der Waals surface area (Å²) in [6, 6.07) is 2.06. The van der Waals surface area contributed by atoms with E-state index >= 15 is 0 Å². The van der Waals surface area contributed by atoms with Gasteiger partial charge in [-0.2, -0.15) is 23.4 Å². The Morgan fingerprint density at radius 2 is 2.00 bits per heavy atom. The molecule has 0 saturated carbocycles. The van der Waals surface area contributed by atoms with E-state index in [1.165, 1.54) is 17.9 Å². The molecule has 0 unspecified atom stereocenters. The highest BCUT2D eigenvalue weighted by molar-refractivity contribution is 5.20. The van der Waals surface area contributed by atoms with E-state index in [4.69, 9.17) is 0 Å². The maximum Gasteiger partial charge on any atom is 0.435 e. The lowest BCUT2D eigenvalue weighted by molar-refractivity contribution is -0.142. The van der Waals surface area contributed by atoms with Gasteiger partial charge in [0.15, 0.2) is 5.69 Å². The Kier molecular flexibility index (Phi) is 4.36. The fraction of sp³-hybridized carbons (Fsp3) is 0.538. The molecular formula is C13H18F3N5. The van der Waals surface area contributed by atoms with Gasteiger partial charge in [-0.1, -0.05) is 0 Å². The van der Waals surface area contributed by atoms with Crippen LogP contribution in [-0.4, -0.2) is 19.6 Å². The Hall–Kier alpha value is -1.83. The second-order valence-electron chi connectivity index (χ2n) is 5.14. The first-order valence-corrected chi connectivity index (χ1v) is 6.62. The summed E-state index contributed by atoms with van der Waals surface area (Å²) in [5, 5.41) is 10.7. The molecule has 0 bridgehead atoms. The molecule has 21 heavy (non-hydrogen) atoms. The Balaban J connectivity index is 2.03. The lowest BCUT2D eigenvalue weighted by Crippen LogP contribution is -2.19. The predicted octanol–water partition coefficient (Wildman–Crippen LogP) is 2.51. The van der Waals surface area contributed by atoms with Crippen LogP contribution >= 0.6 is 0 Å². The quantitative estimate of drug-likeness (QED) is 0.923. The second kappa shape index (κ2) is 5.88. The molecule has 2 rings (SSSR count). The van der Waals surface area contributed by atoms with Gasteiger partial charge in [0, 0.05) is 44.1 Å². The van der Waals surface area contributed by atoms with Gasteiger partial charge in [0.05, 0.1) is 5.69 Å². The largest absolute Gasteiger partial charge is 0.435 e. The molecule has 0 aromatic carbocycles. The zero-order valence-electron chi connectivity index (χ0n) is 12.1. The van der Waals surface area contributed by atoms with E-state index in [0.29, 0.717) is 6.54 Å². The summed E-state index contributed by atoms with van der Waals surface area (Å²) in [5.74, 6) is 0.